The molecule has 0 aliphatic rings. The normalized spacial score (nSPS) is 10.8. The standard InChI is InChI=1S/C27H21FN2O7/c1-3-36-27(35)21-23(37-26(34)16-7-5-4-6-8-16)22-20(30(2)24(21)31)12-15(14-29-22)11-17-9-10-18(28)13-19(17)25(32)33/h4-10,12-14H,3,11H2,1-2H3,(H,32,33). The molecule has 0 unspecified atom stereocenters. The Balaban J connectivity index is 1.87. The molecule has 2 heterocycles. The van der Waals surface area contributed by atoms with Gasteiger partial charge in [-0.05, 0) is 54.8 Å². The van der Waals surface area contributed by atoms with E-state index in [0.717, 1.165) is 12.1 Å². The number of ether oxygens (including phenoxy) is 2. The second kappa shape index (κ2) is 10.4. The SMILES string of the molecule is CCOC(=O)c1c(OC(=O)c2ccccc2)c2ncc(Cc3ccc(F)cc3C(=O)O)cc2n(C)c1=O. The van der Waals surface area contributed by atoms with Gasteiger partial charge in [0.2, 0.25) is 0 Å². The molecule has 0 atom stereocenters. The van der Waals surface area contributed by atoms with Crippen molar-refractivity contribution in [1.29, 1.82) is 0 Å². The van der Waals surface area contributed by atoms with Crippen LogP contribution in [0.4, 0.5) is 4.39 Å². The van der Waals surface area contributed by atoms with Crippen molar-refractivity contribution in [2.45, 2.75) is 13.3 Å². The van der Waals surface area contributed by atoms with Crippen LogP contribution in [-0.4, -0.2) is 39.2 Å². The lowest BCUT2D eigenvalue weighted by molar-refractivity contribution is 0.0517. The molecule has 2 aromatic carbocycles. The van der Waals surface area contributed by atoms with Gasteiger partial charge in [0.15, 0.2) is 11.3 Å². The summed E-state index contributed by atoms with van der Waals surface area (Å²) in [5, 5.41) is 9.44. The number of carbonyl (C=O) groups excluding carboxylic acids is 2. The summed E-state index contributed by atoms with van der Waals surface area (Å²) in [5.41, 5.74) is -0.146. The maximum absolute atomic E-state index is 13.6. The number of aromatic nitrogens is 2. The number of carboxylic acid groups (broad SMARTS) is 1. The minimum absolute atomic E-state index is 0.0119. The number of fused-ring (bicyclic) bond motifs is 1. The van der Waals surface area contributed by atoms with Gasteiger partial charge in [0.05, 0.1) is 23.3 Å². The highest BCUT2D eigenvalue weighted by Crippen LogP contribution is 2.29. The van der Waals surface area contributed by atoms with Gasteiger partial charge in [-0.2, -0.15) is 0 Å². The van der Waals surface area contributed by atoms with E-state index in [0.29, 0.717) is 11.1 Å². The Morgan fingerprint density at radius 1 is 1.05 bits per heavy atom. The lowest BCUT2D eigenvalue weighted by Crippen LogP contribution is -2.28. The fourth-order valence-electron chi connectivity index (χ4n) is 3.85. The summed E-state index contributed by atoms with van der Waals surface area (Å²) < 4.78 is 25.3. The van der Waals surface area contributed by atoms with Crippen molar-refractivity contribution in [2.75, 3.05) is 6.61 Å². The average molecular weight is 504 g/mol. The smallest absolute Gasteiger partial charge is 0.347 e. The highest BCUT2D eigenvalue weighted by atomic mass is 19.1. The van der Waals surface area contributed by atoms with Crippen LogP contribution < -0.4 is 10.3 Å². The fraction of sp³-hybridized carbons (Fsp3) is 0.148. The maximum Gasteiger partial charge on any atom is 0.347 e. The lowest BCUT2D eigenvalue weighted by Gasteiger charge is -2.15. The fourth-order valence-corrected chi connectivity index (χ4v) is 3.85. The van der Waals surface area contributed by atoms with Crippen molar-refractivity contribution in [3.63, 3.8) is 0 Å². The number of aryl methyl sites for hydroxylation is 1. The van der Waals surface area contributed by atoms with Gasteiger partial charge in [-0.15, -0.1) is 0 Å². The van der Waals surface area contributed by atoms with Gasteiger partial charge in [-0.3, -0.25) is 9.78 Å². The van der Waals surface area contributed by atoms with E-state index in [4.69, 9.17) is 9.47 Å². The second-order valence-electron chi connectivity index (χ2n) is 8.04. The number of esters is 2. The number of halogens is 1. The first-order chi connectivity index (χ1) is 17.7. The summed E-state index contributed by atoms with van der Waals surface area (Å²) in [5.74, 6) is -4.08. The minimum atomic E-state index is -1.29. The molecule has 0 spiro atoms. The van der Waals surface area contributed by atoms with Gasteiger partial charge in [-0.25, -0.2) is 18.8 Å². The number of benzene rings is 2. The summed E-state index contributed by atoms with van der Waals surface area (Å²) in [6.07, 6.45) is 1.47. The van der Waals surface area contributed by atoms with Gasteiger partial charge in [0.1, 0.15) is 11.3 Å². The van der Waals surface area contributed by atoms with E-state index >= 15 is 0 Å². The molecule has 0 fully saturated rings. The summed E-state index contributed by atoms with van der Waals surface area (Å²) >= 11 is 0. The number of hydrogen-bond donors (Lipinski definition) is 1. The first-order valence-corrected chi connectivity index (χ1v) is 11.2. The van der Waals surface area contributed by atoms with Gasteiger partial charge >= 0.3 is 17.9 Å². The number of hydrogen-bond acceptors (Lipinski definition) is 7. The minimum Gasteiger partial charge on any atom is -0.478 e. The van der Waals surface area contributed by atoms with Crippen molar-refractivity contribution < 1.29 is 33.4 Å². The molecule has 37 heavy (non-hydrogen) atoms. The number of pyridine rings is 2. The zero-order chi connectivity index (χ0) is 26.7. The van der Waals surface area contributed by atoms with Crippen LogP contribution >= 0.6 is 0 Å². The topological polar surface area (TPSA) is 125 Å². The van der Waals surface area contributed by atoms with E-state index in [1.165, 1.54) is 36.0 Å². The van der Waals surface area contributed by atoms with E-state index in [2.05, 4.69) is 4.98 Å². The van der Waals surface area contributed by atoms with Crippen LogP contribution in [0.15, 0.2) is 65.6 Å². The maximum atomic E-state index is 13.6. The average Bonchev–Trinajstić information content (AvgIpc) is 2.88. The van der Waals surface area contributed by atoms with Gasteiger partial charge < -0.3 is 19.1 Å². The molecule has 0 aliphatic carbocycles. The van der Waals surface area contributed by atoms with Crippen LogP contribution in [0.5, 0.6) is 5.75 Å². The van der Waals surface area contributed by atoms with Crippen LogP contribution in [0.25, 0.3) is 11.0 Å². The molecular weight excluding hydrogens is 483 g/mol. The molecule has 4 rings (SSSR count). The summed E-state index contributed by atoms with van der Waals surface area (Å²) in [7, 11) is 1.42. The largest absolute Gasteiger partial charge is 0.478 e. The Labute approximate surface area is 209 Å². The van der Waals surface area contributed by atoms with Crippen LogP contribution in [-0.2, 0) is 18.2 Å². The molecule has 1 N–H and O–H groups in total. The zero-order valence-corrected chi connectivity index (χ0v) is 19.9. The summed E-state index contributed by atoms with van der Waals surface area (Å²) in [6.45, 7) is 1.56. The van der Waals surface area contributed by atoms with Crippen molar-refractivity contribution in [1.82, 2.24) is 9.55 Å². The highest BCUT2D eigenvalue weighted by Gasteiger charge is 2.27. The molecule has 188 valence electrons. The Morgan fingerprint density at radius 3 is 2.46 bits per heavy atom. The number of rotatable bonds is 7. The Bertz CT molecular complexity index is 1600. The van der Waals surface area contributed by atoms with Gasteiger partial charge in [0, 0.05) is 13.2 Å². The number of carbonyl (C=O) groups is 3. The number of carboxylic acids is 1. The summed E-state index contributed by atoms with van der Waals surface area (Å²) in [4.78, 5) is 54.7. The van der Waals surface area contributed by atoms with E-state index in [9.17, 15) is 28.7 Å². The Kier molecular flexibility index (Phi) is 7.10. The monoisotopic (exact) mass is 504 g/mol. The van der Waals surface area contributed by atoms with E-state index < -0.39 is 34.8 Å². The number of aromatic carboxylic acids is 1. The van der Waals surface area contributed by atoms with Crippen molar-refractivity contribution in [3.8, 4) is 5.75 Å². The molecule has 0 radical (unpaired) electrons. The quantitative estimate of drug-likeness (QED) is 0.377. The molecule has 0 amide bonds. The van der Waals surface area contributed by atoms with E-state index in [1.807, 2.05) is 0 Å². The first-order valence-electron chi connectivity index (χ1n) is 11.2. The van der Waals surface area contributed by atoms with Crippen LogP contribution in [0, 0.1) is 5.82 Å². The predicted molar refractivity (Wildman–Crippen MR) is 131 cm³/mol. The third kappa shape index (κ3) is 5.08. The molecule has 0 saturated heterocycles. The molecule has 2 aromatic heterocycles. The molecule has 9 nitrogen and oxygen atoms in total. The molecular formula is C27H21FN2O7. The van der Waals surface area contributed by atoms with Crippen LogP contribution in [0.3, 0.4) is 0 Å². The molecule has 0 bridgehead atoms. The second-order valence-corrected chi connectivity index (χ2v) is 8.04. The highest BCUT2D eigenvalue weighted by molar-refractivity contribution is 6.01. The van der Waals surface area contributed by atoms with Gasteiger partial charge in [0.25, 0.3) is 5.56 Å². The molecule has 0 aliphatic heterocycles. The third-order valence-corrected chi connectivity index (χ3v) is 5.63. The summed E-state index contributed by atoms with van der Waals surface area (Å²) in [6, 6.07) is 13.0. The van der Waals surface area contributed by atoms with Gasteiger partial charge in [-0.1, -0.05) is 24.3 Å². The lowest BCUT2D eigenvalue weighted by atomic mass is 10.00. The first kappa shape index (κ1) is 25.2. The van der Waals surface area contributed by atoms with E-state index in [1.54, 1.807) is 31.2 Å². The van der Waals surface area contributed by atoms with E-state index in [-0.39, 0.29) is 40.9 Å². The molecule has 4 aromatic rings. The van der Waals surface area contributed by atoms with Crippen molar-refractivity contribution in [3.05, 3.63) is 105 Å². The zero-order valence-electron chi connectivity index (χ0n) is 19.9. The van der Waals surface area contributed by atoms with Crippen molar-refractivity contribution in [2.24, 2.45) is 7.05 Å². The number of nitrogens with zero attached hydrogens (tertiary/aromatic N) is 2. The Hall–Kier alpha value is -4.86. The Morgan fingerprint density at radius 2 is 1.78 bits per heavy atom. The third-order valence-electron chi connectivity index (χ3n) is 5.63. The predicted octanol–water partition coefficient (Wildman–Crippen LogP) is 3.76. The van der Waals surface area contributed by atoms with Crippen molar-refractivity contribution >= 4 is 28.9 Å². The van der Waals surface area contributed by atoms with Crippen LogP contribution in [0.1, 0.15) is 49.1 Å². The van der Waals surface area contributed by atoms with Crippen LogP contribution in [0.2, 0.25) is 0 Å². The molecule has 10 heteroatoms. The molecule has 0 saturated carbocycles.